The number of rotatable bonds is 4. The van der Waals surface area contributed by atoms with E-state index in [4.69, 9.17) is 16.3 Å². The molecule has 6 heteroatoms. The van der Waals surface area contributed by atoms with Gasteiger partial charge in [-0.3, -0.25) is 9.69 Å². The molecule has 0 amide bonds. The molecule has 110 valence electrons. The Morgan fingerprint density at radius 3 is 2.90 bits per heavy atom. The minimum Gasteiger partial charge on any atom is -0.504 e. The molecule has 0 spiro atoms. The van der Waals surface area contributed by atoms with Crippen LogP contribution in [0.4, 0.5) is 0 Å². The van der Waals surface area contributed by atoms with Crippen molar-refractivity contribution in [3.63, 3.8) is 0 Å². The monoisotopic (exact) mass is 299 g/mol. The van der Waals surface area contributed by atoms with Crippen molar-refractivity contribution in [3.05, 3.63) is 22.7 Å². The van der Waals surface area contributed by atoms with Gasteiger partial charge in [0.15, 0.2) is 11.5 Å². The molecular formula is C14H18ClNO4. The number of hydrogen-bond donors (Lipinski definition) is 2. The lowest BCUT2D eigenvalue weighted by Gasteiger charge is -2.33. The quantitative estimate of drug-likeness (QED) is 0.894. The summed E-state index contributed by atoms with van der Waals surface area (Å²) in [6, 6.07) is 2.67. The lowest BCUT2D eigenvalue weighted by molar-refractivity contribution is -0.144. The number of methoxy groups -OCH3 is 1. The minimum absolute atomic E-state index is 0.0200. The summed E-state index contributed by atoms with van der Waals surface area (Å²) in [4.78, 5) is 13.1. The predicted molar refractivity (Wildman–Crippen MR) is 75.4 cm³/mol. The van der Waals surface area contributed by atoms with Crippen LogP contribution in [0.1, 0.15) is 24.8 Å². The molecular weight excluding hydrogens is 282 g/mol. The van der Waals surface area contributed by atoms with Crippen LogP contribution in [-0.2, 0) is 11.3 Å². The van der Waals surface area contributed by atoms with Gasteiger partial charge < -0.3 is 14.9 Å². The number of hydrogen-bond acceptors (Lipinski definition) is 4. The summed E-state index contributed by atoms with van der Waals surface area (Å²) in [6.07, 6.45) is 2.51. The van der Waals surface area contributed by atoms with Crippen LogP contribution in [0.5, 0.6) is 11.5 Å². The fourth-order valence-corrected chi connectivity index (χ4v) is 2.81. The first-order chi connectivity index (χ1) is 9.52. The average molecular weight is 300 g/mol. The fraction of sp³-hybridized carbons (Fsp3) is 0.500. The number of halogens is 1. The van der Waals surface area contributed by atoms with Crippen molar-refractivity contribution in [1.29, 1.82) is 0 Å². The zero-order valence-corrected chi connectivity index (χ0v) is 12.1. The molecule has 1 atom stereocenters. The highest BCUT2D eigenvalue weighted by atomic mass is 35.5. The van der Waals surface area contributed by atoms with Crippen LogP contribution in [0.25, 0.3) is 0 Å². The second kappa shape index (κ2) is 6.33. The van der Waals surface area contributed by atoms with Gasteiger partial charge in [0.1, 0.15) is 6.04 Å². The highest BCUT2D eigenvalue weighted by Crippen LogP contribution is 2.35. The van der Waals surface area contributed by atoms with Crippen LogP contribution in [0.3, 0.4) is 0 Å². The highest BCUT2D eigenvalue weighted by molar-refractivity contribution is 6.30. The van der Waals surface area contributed by atoms with Crippen molar-refractivity contribution >= 4 is 17.6 Å². The van der Waals surface area contributed by atoms with Gasteiger partial charge in [0, 0.05) is 23.2 Å². The maximum absolute atomic E-state index is 11.3. The molecule has 0 bridgehead atoms. The highest BCUT2D eigenvalue weighted by Gasteiger charge is 2.29. The van der Waals surface area contributed by atoms with Crippen molar-refractivity contribution < 1.29 is 19.7 Å². The van der Waals surface area contributed by atoms with Crippen molar-refractivity contribution in [1.82, 2.24) is 4.90 Å². The van der Waals surface area contributed by atoms with E-state index in [-0.39, 0.29) is 5.75 Å². The first-order valence-corrected chi connectivity index (χ1v) is 6.93. The third kappa shape index (κ3) is 3.16. The van der Waals surface area contributed by atoms with E-state index in [1.807, 2.05) is 4.90 Å². The molecule has 2 rings (SSSR count). The van der Waals surface area contributed by atoms with E-state index in [1.165, 1.54) is 13.2 Å². The summed E-state index contributed by atoms with van der Waals surface area (Å²) >= 11 is 5.99. The van der Waals surface area contributed by atoms with E-state index in [0.29, 0.717) is 35.8 Å². The third-order valence-corrected chi connectivity index (χ3v) is 3.83. The van der Waals surface area contributed by atoms with E-state index in [0.717, 1.165) is 12.8 Å². The number of ether oxygens (including phenoxy) is 1. The summed E-state index contributed by atoms with van der Waals surface area (Å²) in [5.41, 5.74) is 0.586. The Balaban J connectivity index is 2.24. The SMILES string of the molecule is COc1cc(Cl)cc(CN2CCCCC2C(=O)O)c1O. The van der Waals surface area contributed by atoms with E-state index in [2.05, 4.69) is 0 Å². The smallest absolute Gasteiger partial charge is 0.320 e. The largest absolute Gasteiger partial charge is 0.504 e. The van der Waals surface area contributed by atoms with Gasteiger partial charge >= 0.3 is 5.97 Å². The Morgan fingerprint density at radius 1 is 1.50 bits per heavy atom. The van der Waals surface area contributed by atoms with Crippen LogP contribution in [0.2, 0.25) is 5.02 Å². The second-order valence-corrected chi connectivity index (χ2v) is 5.37. The standard InChI is InChI=1S/C14H18ClNO4/c1-20-12-7-10(15)6-9(13(12)17)8-16-5-3-2-4-11(16)14(18)19/h6-7,11,17H,2-5,8H2,1H3,(H,18,19). The molecule has 1 saturated heterocycles. The predicted octanol–water partition coefficient (Wildman–Crippen LogP) is 2.49. The summed E-state index contributed by atoms with van der Waals surface area (Å²) < 4.78 is 5.06. The minimum atomic E-state index is -0.821. The first-order valence-electron chi connectivity index (χ1n) is 6.55. The summed E-state index contributed by atoms with van der Waals surface area (Å²) in [5, 5.41) is 19.8. The van der Waals surface area contributed by atoms with Crippen molar-refractivity contribution in [2.45, 2.75) is 31.8 Å². The number of likely N-dealkylation sites (tertiary alicyclic amines) is 1. The van der Waals surface area contributed by atoms with Gasteiger partial charge in [-0.2, -0.15) is 0 Å². The van der Waals surface area contributed by atoms with Crippen LogP contribution in [0.15, 0.2) is 12.1 Å². The van der Waals surface area contributed by atoms with Crippen LogP contribution >= 0.6 is 11.6 Å². The number of piperidine rings is 1. The fourth-order valence-electron chi connectivity index (χ4n) is 2.58. The third-order valence-electron chi connectivity index (χ3n) is 3.61. The number of phenols is 1. The molecule has 0 aliphatic carbocycles. The van der Waals surface area contributed by atoms with Crippen LogP contribution < -0.4 is 4.74 Å². The van der Waals surface area contributed by atoms with Gasteiger partial charge in [-0.1, -0.05) is 18.0 Å². The van der Waals surface area contributed by atoms with Gasteiger partial charge in [0.25, 0.3) is 0 Å². The first kappa shape index (κ1) is 14.9. The number of carbonyl (C=O) groups is 1. The van der Waals surface area contributed by atoms with Crippen LogP contribution in [0, 0.1) is 0 Å². The van der Waals surface area contributed by atoms with E-state index in [9.17, 15) is 15.0 Å². The van der Waals surface area contributed by atoms with Gasteiger partial charge in [-0.05, 0) is 25.5 Å². The Morgan fingerprint density at radius 2 is 2.25 bits per heavy atom. The van der Waals surface area contributed by atoms with E-state index < -0.39 is 12.0 Å². The van der Waals surface area contributed by atoms with Gasteiger partial charge in [0.05, 0.1) is 7.11 Å². The Labute approximate surface area is 122 Å². The maximum atomic E-state index is 11.3. The summed E-state index contributed by atoms with van der Waals surface area (Å²) in [5.74, 6) is -0.499. The molecule has 0 aromatic heterocycles. The van der Waals surface area contributed by atoms with Crippen molar-refractivity contribution in [3.8, 4) is 11.5 Å². The Kier molecular flexibility index (Phi) is 4.73. The Hall–Kier alpha value is -1.46. The Bertz CT molecular complexity index is 506. The number of aliphatic carboxylic acids is 1. The molecule has 1 aromatic carbocycles. The number of carboxylic acids is 1. The second-order valence-electron chi connectivity index (χ2n) is 4.94. The topological polar surface area (TPSA) is 70.0 Å². The van der Waals surface area contributed by atoms with E-state index in [1.54, 1.807) is 6.07 Å². The van der Waals surface area contributed by atoms with Crippen LogP contribution in [-0.4, -0.2) is 40.8 Å². The maximum Gasteiger partial charge on any atom is 0.320 e. The molecule has 1 aliphatic heterocycles. The molecule has 0 radical (unpaired) electrons. The van der Waals surface area contributed by atoms with Crippen molar-refractivity contribution in [2.75, 3.05) is 13.7 Å². The normalized spacial score (nSPS) is 19.8. The molecule has 1 fully saturated rings. The molecule has 20 heavy (non-hydrogen) atoms. The van der Waals surface area contributed by atoms with Gasteiger partial charge in [0.2, 0.25) is 0 Å². The lowest BCUT2D eigenvalue weighted by Crippen LogP contribution is -2.44. The van der Waals surface area contributed by atoms with Gasteiger partial charge in [-0.15, -0.1) is 0 Å². The number of carboxylic acid groups (broad SMARTS) is 1. The molecule has 1 heterocycles. The summed E-state index contributed by atoms with van der Waals surface area (Å²) in [7, 11) is 1.45. The zero-order chi connectivity index (χ0) is 14.7. The molecule has 1 aromatic rings. The molecule has 0 saturated carbocycles. The molecule has 2 N–H and O–H groups in total. The summed E-state index contributed by atoms with van der Waals surface area (Å²) in [6.45, 7) is 1.05. The number of aromatic hydroxyl groups is 1. The number of phenolic OH excluding ortho intramolecular Hbond substituents is 1. The molecule has 5 nitrogen and oxygen atoms in total. The zero-order valence-electron chi connectivity index (χ0n) is 11.3. The van der Waals surface area contributed by atoms with Crippen molar-refractivity contribution in [2.24, 2.45) is 0 Å². The lowest BCUT2D eigenvalue weighted by atomic mass is 10.0. The number of benzene rings is 1. The molecule has 1 aliphatic rings. The van der Waals surface area contributed by atoms with E-state index >= 15 is 0 Å². The van der Waals surface area contributed by atoms with Gasteiger partial charge in [-0.25, -0.2) is 0 Å². The molecule has 1 unspecified atom stereocenters. The number of nitrogens with zero attached hydrogens (tertiary/aromatic N) is 1. The average Bonchev–Trinajstić information content (AvgIpc) is 2.42.